The van der Waals surface area contributed by atoms with Gasteiger partial charge in [0.05, 0.1) is 18.3 Å². The Balaban J connectivity index is 2.10. The quantitative estimate of drug-likeness (QED) is 0.854. The van der Waals surface area contributed by atoms with Gasteiger partial charge in [0.15, 0.2) is 0 Å². The van der Waals surface area contributed by atoms with Crippen molar-refractivity contribution in [2.24, 2.45) is 0 Å². The van der Waals surface area contributed by atoms with Gasteiger partial charge in [0, 0.05) is 11.8 Å². The van der Waals surface area contributed by atoms with Crippen molar-refractivity contribution in [1.82, 2.24) is 9.88 Å². The van der Waals surface area contributed by atoms with E-state index >= 15 is 0 Å². The zero-order valence-electron chi connectivity index (χ0n) is 15.4. The molecule has 2 heterocycles. The molecule has 3 rings (SSSR count). The molecule has 1 aliphatic rings. The number of aliphatic carboxylic acids is 1. The standard InChI is InChI=1S/C21H26N2O3/c1-3-26-19-10-5-4-8-16(19)20(17-12-11-15(2)14-22-17)23-13-7-6-9-18(23)21(24)25/h4-5,8,10-12,14,18,20H,3,6-7,9,13H2,1-2H3,(H,24,25). The van der Waals surface area contributed by atoms with Gasteiger partial charge in [-0.3, -0.25) is 14.7 Å². The second-order valence-corrected chi connectivity index (χ2v) is 6.72. The third-order valence-electron chi connectivity index (χ3n) is 4.89. The maximum absolute atomic E-state index is 11.9. The lowest BCUT2D eigenvalue weighted by atomic mass is 9.93. The monoisotopic (exact) mass is 354 g/mol. The van der Waals surface area contributed by atoms with Gasteiger partial charge in [-0.05, 0) is 50.9 Å². The van der Waals surface area contributed by atoms with E-state index in [2.05, 4.69) is 9.88 Å². The van der Waals surface area contributed by atoms with Crippen LogP contribution in [0, 0.1) is 6.92 Å². The number of carboxylic acids is 1. The molecular formula is C21H26N2O3. The van der Waals surface area contributed by atoms with Gasteiger partial charge in [0.25, 0.3) is 0 Å². The number of ether oxygens (including phenoxy) is 1. The van der Waals surface area contributed by atoms with E-state index in [4.69, 9.17) is 4.74 Å². The van der Waals surface area contributed by atoms with Crippen molar-refractivity contribution in [2.75, 3.05) is 13.2 Å². The first-order chi connectivity index (χ1) is 12.6. The van der Waals surface area contributed by atoms with Crippen LogP contribution in [0.3, 0.4) is 0 Å². The molecule has 0 amide bonds. The highest BCUT2D eigenvalue weighted by atomic mass is 16.5. The number of benzene rings is 1. The first-order valence-electron chi connectivity index (χ1n) is 9.24. The highest BCUT2D eigenvalue weighted by Crippen LogP contribution is 2.37. The van der Waals surface area contributed by atoms with Crippen LogP contribution >= 0.6 is 0 Å². The number of para-hydroxylation sites is 1. The molecule has 1 aromatic heterocycles. The summed E-state index contributed by atoms with van der Waals surface area (Å²) in [6.07, 6.45) is 4.43. The second-order valence-electron chi connectivity index (χ2n) is 6.72. The van der Waals surface area contributed by atoms with E-state index in [9.17, 15) is 9.90 Å². The zero-order chi connectivity index (χ0) is 18.5. The maximum atomic E-state index is 11.9. The number of likely N-dealkylation sites (tertiary alicyclic amines) is 1. The van der Waals surface area contributed by atoms with Crippen molar-refractivity contribution in [3.63, 3.8) is 0 Å². The smallest absolute Gasteiger partial charge is 0.320 e. The van der Waals surface area contributed by atoms with Crippen molar-refractivity contribution < 1.29 is 14.6 Å². The molecule has 1 N–H and O–H groups in total. The lowest BCUT2D eigenvalue weighted by Crippen LogP contribution is -2.47. The van der Waals surface area contributed by atoms with E-state index in [1.807, 2.05) is 56.4 Å². The number of nitrogens with zero attached hydrogens (tertiary/aromatic N) is 2. The minimum absolute atomic E-state index is 0.236. The van der Waals surface area contributed by atoms with E-state index in [0.717, 1.165) is 42.0 Å². The Morgan fingerprint density at radius 2 is 2.12 bits per heavy atom. The summed E-state index contributed by atoms with van der Waals surface area (Å²) in [7, 11) is 0. The molecular weight excluding hydrogens is 328 g/mol. The number of aryl methyl sites for hydroxylation is 1. The number of hydrogen-bond acceptors (Lipinski definition) is 4. The summed E-state index contributed by atoms with van der Waals surface area (Å²) >= 11 is 0. The zero-order valence-corrected chi connectivity index (χ0v) is 15.4. The van der Waals surface area contributed by atoms with Crippen molar-refractivity contribution in [2.45, 2.75) is 45.2 Å². The maximum Gasteiger partial charge on any atom is 0.320 e. The highest BCUT2D eigenvalue weighted by Gasteiger charge is 2.36. The molecule has 26 heavy (non-hydrogen) atoms. The average Bonchev–Trinajstić information content (AvgIpc) is 2.65. The van der Waals surface area contributed by atoms with Gasteiger partial charge in [0.2, 0.25) is 0 Å². The number of aromatic nitrogens is 1. The van der Waals surface area contributed by atoms with Gasteiger partial charge in [-0.1, -0.05) is 30.7 Å². The first-order valence-corrected chi connectivity index (χ1v) is 9.24. The second kappa shape index (κ2) is 8.32. The van der Waals surface area contributed by atoms with Gasteiger partial charge in [0.1, 0.15) is 11.8 Å². The third kappa shape index (κ3) is 3.88. The number of rotatable bonds is 6. The number of hydrogen-bond donors (Lipinski definition) is 1. The normalized spacial score (nSPS) is 19.1. The molecule has 0 saturated carbocycles. The molecule has 1 fully saturated rings. The number of carboxylic acid groups (broad SMARTS) is 1. The van der Waals surface area contributed by atoms with Gasteiger partial charge in [-0.25, -0.2) is 0 Å². The minimum atomic E-state index is -0.768. The van der Waals surface area contributed by atoms with Crippen LogP contribution in [0.5, 0.6) is 5.75 Å². The Morgan fingerprint density at radius 3 is 2.81 bits per heavy atom. The summed E-state index contributed by atoms with van der Waals surface area (Å²) in [5.41, 5.74) is 2.91. The van der Waals surface area contributed by atoms with Crippen LogP contribution in [-0.2, 0) is 4.79 Å². The van der Waals surface area contributed by atoms with Crippen molar-refractivity contribution in [3.05, 3.63) is 59.4 Å². The summed E-state index contributed by atoms with van der Waals surface area (Å²) < 4.78 is 5.85. The lowest BCUT2D eigenvalue weighted by Gasteiger charge is -2.39. The summed E-state index contributed by atoms with van der Waals surface area (Å²) in [6.45, 7) is 5.25. The van der Waals surface area contributed by atoms with E-state index in [1.54, 1.807) is 0 Å². The van der Waals surface area contributed by atoms with Gasteiger partial charge in [-0.2, -0.15) is 0 Å². The fourth-order valence-electron chi connectivity index (χ4n) is 3.67. The molecule has 1 aromatic carbocycles. The molecule has 0 spiro atoms. The van der Waals surface area contributed by atoms with Crippen LogP contribution in [0.1, 0.15) is 49.0 Å². The highest BCUT2D eigenvalue weighted by molar-refractivity contribution is 5.73. The predicted molar refractivity (Wildman–Crippen MR) is 100 cm³/mol. The number of pyridine rings is 1. The van der Waals surface area contributed by atoms with Crippen LogP contribution in [-0.4, -0.2) is 40.2 Å². The van der Waals surface area contributed by atoms with Crippen molar-refractivity contribution in [1.29, 1.82) is 0 Å². The van der Waals surface area contributed by atoms with E-state index in [-0.39, 0.29) is 6.04 Å². The summed E-state index contributed by atoms with van der Waals surface area (Å²) in [5.74, 6) is 0.0211. The topological polar surface area (TPSA) is 62.7 Å². The first kappa shape index (κ1) is 18.4. The summed E-state index contributed by atoms with van der Waals surface area (Å²) in [5, 5.41) is 9.77. The van der Waals surface area contributed by atoms with Crippen molar-refractivity contribution >= 4 is 5.97 Å². The molecule has 1 saturated heterocycles. The molecule has 1 aliphatic heterocycles. The molecule has 5 heteroatoms. The fourth-order valence-corrected chi connectivity index (χ4v) is 3.67. The third-order valence-corrected chi connectivity index (χ3v) is 4.89. The van der Waals surface area contributed by atoms with E-state index in [1.165, 1.54) is 0 Å². The molecule has 0 radical (unpaired) electrons. The van der Waals surface area contributed by atoms with Crippen LogP contribution in [0.2, 0.25) is 0 Å². The Morgan fingerprint density at radius 1 is 1.31 bits per heavy atom. The average molecular weight is 354 g/mol. The molecule has 0 bridgehead atoms. The molecule has 2 unspecified atom stereocenters. The van der Waals surface area contributed by atoms with Crippen LogP contribution < -0.4 is 4.74 Å². The largest absolute Gasteiger partial charge is 0.494 e. The Kier molecular flexibility index (Phi) is 5.89. The Hall–Kier alpha value is -2.40. The van der Waals surface area contributed by atoms with Gasteiger partial charge >= 0.3 is 5.97 Å². The van der Waals surface area contributed by atoms with Crippen LogP contribution in [0.25, 0.3) is 0 Å². The predicted octanol–water partition coefficient (Wildman–Crippen LogP) is 3.82. The number of carbonyl (C=O) groups is 1. The fraction of sp³-hybridized carbons (Fsp3) is 0.429. The lowest BCUT2D eigenvalue weighted by molar-refractivity contribution is -0.145. The Labute approximate surface area is 154 Å². The molecule has 138 valence electrons. The van der Waals surface area contributed by atoms with Crippen LogP contribution in [0.15, 0.2) is 42.6 Å². The van der Waals surface area contributed by atoms with E-state index < -0.39 is 12.0 Å². The van der Waals surface area contributed by atoms with E-state index in [0.29, 0.717) is 13.0 Å². The Bertz CT molecular complexity index is 745. The van der Waals surface area contributed by atoms with Gasteiger partial charge < -0.3 is 9.84 Å². The van der Waals surface area contributed by atoms with Crippen molar-refractivity contribution in [3.8, 4) is 5.75 Å². The minimum Gasteiger partial charge on any atom is -0.494 e. The molecule has 2 atom stereocenters. The number of piperidine rings is 1. The van der Waals surface area contributed by atoms with Gasteiger partial charge in [-0.15, -0.1) is 0 Å². The van der Waals surface area contributed by atoms with Crippen LogP contribution in [0.4, 0.5) is 0 Å². The molecule has 0 aliphatic carbocycles. The molecule has 2 aromatic rings. The molecule has 5 nitrogen and oxygen atoms in total. The summed E-state index contributed by atoms with van der Waals surface area (Å²) in [4.78, 5) is 18.6. The SMILES string of the molecule is CCOc1ccccc1C(c1ccc(C)cn1)N1CCCCC1C(=O)O. The summed E-state index contributed by atoms with van der Waals surface area (Å²) in [6, 6.07) is 11.2.